The first-order valence-corrected chi connectivity index (χ1v) is 7.17. The molecule has 0 amide bonds. The Hall–Kier alpha value is -1.53. The molecule has 1 aliphatic rings. The summed E-state index contributed by atoms with van der Waals surface area (Å²) in [5.41, 5.74) is 2.42. The standard InChI is InChI=1S/C16H22N2O/c1-2-18(11-4-3-10-17)14-8-9-15-13(12-14)6-5-7-16(15)19/h5-7,14,19H,2-4,8-9,11-12H2,1H3/t14-/m0/s1. The van der Waals surface area contributed by atoms with Crippen molar-refractivity contribution in [2.75, 3.05) is 13.1 Å². The molecule has 1 N–H and O–H groups in total. The van der Waals surface area contributed by atoms with Crippen LogP contribution in [0.25, 0.3) is 0 Å². The number of nitrogens with zero attached hydrogens (tertiary/aromatic N) is 2. The van der Waals surface area contributed by atoms with E-state index in [1.165, 1.54) is 5.56 Å². The minimum absolute atomic E-state index is 0.448. The molecule has 0 radical (unpaired) electrons. The summed E-state index contributed by atoms with van der Waals surface area (Å²) in [4.78, 5) is 2.48. The van der Waals surface area contributed by atoms with Crippen molar-refractivity contribution in [3.05, 3.63) is 29.3 Å². The van der Waals surface area contributed by atoms with E-state index in [4.69, 9.17) is 5.26 Å². The van der Waals surface area contributed by atoms with Crippen molar-refractivity contribution in [1.29, 1.82) is 5.26 Å². The number of hydrogen-bond acceptors (Lipinski definition) is 3. The number of fused-ring (bicyclic) bond motifs is 1. The molecule has 0 bridgehead atoms. The monoisotopic (exact) mass is 258 g/mol. The number of hydrogen-bond donors (Lipinski definition) is 1. The van der Waals surface area contributed by atoms with Gasteiger partial charge in [0.2, 0.25) is 0 Å². The number of nitriles is 1. The molecule has 1 aromatic rings. The highest BCUT2D eigenvalue weighted by Gasteiger charge is 2.24. The fraction of sp³-hybridized carbons (Fsp3) is 0.562. The van der Waals surface area contributed by atoms with Gasteiger partial charge in [-0.2, -0.15) is 5.26 Å². The van der Waals surface area contributed by atoms with Crippen LogP contribution < -0.4 is 0 Å². The number of phenolic OH excluding ortho intramolecular Hbond substituents is 1. The lowest BCUT2D eigenvalue weighted by Gasteiger charge is -2.34. The summed E-state index contributed by atoms with van der Waals surface area (Å²) < 4.78 is 0. The van der Waals surface area contributed by atoms with E-state index in [-0.39, 0.29) is 0 Å². The van der Waals surface area contributed by atoms with Crippen LogP contribution in [0.2, 0.25) is 0 Å². The molecule has 3 nitrogen and oxygen atoms in total. The highest BCUT2D eigenvalue weighted by atomic mass is 16.3. The summed E-state index contributed by atoms with van der Waals surface area (Å²) in [7, 11) is 0. The summed E-state index contributed by atoms with van der Waals surface area (Å²) >= 11 is 0. The second-order valence-electron chi connectivity index (χ2n) is 5.20. The van der Waals surface area contributed by atoms with E-state index in [0.717, 1.165) is 44.3 Å². The maximum absolute atomic E-state index is 9.86. The Bertz CT molecular complexity index is 464. The first-order valence-electron chi connectivity index (χ1n) is 7.17. The van der Waals surface area contributed by atoms with Crippen LogP contribution in [0, 0.1) is 11.3 Å². The maximum atomic E-state index is 9.86. The minimum atomic E-state index is 0.448. The highest BCUT2D eigenvalue weighted by Crippen LogP contribution is 2.30. The zero-order valence-electron chi connectivity index (χ0n) is 11.6. The van der Waals surface area contributed by atoms with E-state index in [9.17, 15) is 5.11 Å². The molecule has 1 aliphatic carbocycles. The average Bonchev–Trinajstić information content (AvgIpc) is 2.44. The van der Waals surface area contributed by atoms with Gasteiger partial charge in [0, 0.05) is 12.5 Å². The smallest absolute Gasteiger partial charge is 0.119 e. The van der Waals surface area contributed by atoms with Crippen LogP contribution in [-0.4, -0.2) is 29.1 Å². The predicted molar refractivity (Wildman–Crippen MR) is 76.0 cm³/mol. The molecular weight excluding hydrogens is 236 g/mol. The zero-order valence-corrected chi connectivity index (χ0v) is 11.6. The third-order valence-corrected chi connectivity index (χ3v) is 4.09. The lowest BCUT2D eigenvalue weighted by molar-refractivity contribution is 0.187. The van der Waals surface area contributed by atoms with Gasteiger partial charge in [-0.25, -0.2) is 0 Å². The van der Waals surface area contributed by atoms with Crippen LogP contribution in [-0.2, 0) is 12.8 Å². The molecule has 1 atom stereocenters. The summed E-state index contributed by atoms with van der Waals surface area (Å²) in [6.45, 7) is 4.22. The largest absolute Gasteiger partial charge is 0.508 e. The quantitative estimate of drug-likeness (QED) is 0.826. The summed E-state index contributed by atoms with van der Waals surface area (Å²) in [6, 6.07) is 8.61. The Kier molecular flexibility index (Phi) is 4.81. The van der Waals surface area contributed by atoms with Gasteiger partial charge in [0.15, 0.2) is 0 Å². The number of unbranched alkanes of at least 4 members (excludes halogenated alkanes) is 1. The first-order chi connectivity index (χ1) is 9.26. The Labute approximate surface area is 115 Å². The van der Waals surface area contributed by atoms with E-state index in [2.05, 4.69) is 24.0 Å². The Morgan fingerprint density at radius 2 is 2.32 bits per heavy atom. The Balaban J connectivity index is 2.02. The van der Waals surface area contributed by atoms with Crippen molar-refractivity contribution in [2.45, 2.75) is 45.1 Å². The van der Waals surface area contributed by atoms with Gasteiger partial charge < -0.3 is 10.0 Å². The van der Waals surface area contributed by atoms with Crippen LogP contribution in [0.4, 0.5) is 0 Å². The van der Waals surface area contributed by atoms with Gasteiger partial charge in [-0.3, -0.25) is 0 Å². The summed E-state index contributed by atoms with van der Waals surface area (Å²) in [6.07, 6.45) is 4.67. The third kappa shape index (κ3) is 3.27. The molecule has 1 aromatic carbocycles. The molecule has 19 heavy (non-hydrogen) atoms. The minimum Gasteiger partial charge on any atom is -0.508 e. The van der Waals surface area contributed by atoms with Crippen molar-refractivity contribution in [3.63, 3.8) is 0 Å². The molecule has 0 fully saturated rings. The second-order valence-corrected chi connectivity index (χ2v) is 5.20. The van der Waals surface area contributed by atoms with E-state index < -0.39 is 0 Å². The van der Waals surface area contributed by atoms with Crippen molar-refractivity contribution in [2.24, 2.45) is 0 Å². The van der Waals surface area contributed by atoms with Crippen molar-refractivity contribution >= 4 is 0 Å². The van der Waals surface area contributed by atoms with Gasteiger partial charge >= 0.3 is 0 Å². The van der Waals surface area contributed by atoms with E-state index in [1.54, 1.807) is 6.07 Å². The molecule has 3 heteroatoms. The lowest BCUT2D eigenvalue weighted by Crippen LogP contribution is -2.39. The third-order valence-electron chi connectivity index (χ3n) is 4.09. The number of aromatic hydroxyl groups is 1. The van der Waals surface area contributed by atoms with Gasteiger partial charge in [-0.15, -0.1) is 0 Å². The molecule has 0 heterocycles. The van der Waals surface area contributed by atoms with Crippen LogP contribution >= 0.6 is 0 Å². The molecule has 0 aromatic heterocycles. The molecule has 0 unspecified atom stereocenters. The molecule has 0 aliphatic heterocycles. The molecule has 0 saturated heterocycles. The normalized spacial score (nSPS) is 18.1. The summed E-state index contributed by atoms with van der Waals surface area (Å²) in [5, 5.41) is 18.5. The lowest BCUT2D eigenvalue weighted by atomic mass is 9.87. The molecule has 0 spiro atoms. The van der Waals surface area contributed by atoms with Crippen LogP contribution in [0.3, 0.4) is 0 Å². The van der Waals surface area contributed by atoms with E-state index in [0.29, 0.717) is 18.2 Å². The van der Waals surface area contributed by atoms with Crippen molar-refractivity contribution in [1.82, 2.24) is 4.90 Å². The van der Waals surface area contributed by atoms with Gasteiger partial charge in [0.1, 0.15) is 5.75 Å². The fourth-order valence-corrected chi connectivity index (χ4v) is 3.04. The van der Waals surface area contributed by atoms with E-state index >= 15 is 0 Å². The number of benzene rings is 1. The summed E-state index contributed by atoms with van der Waals surface area (Å²) in [5.74, 6) is 0.448. The highest BCUT2D eigenvalue weighted by molar-refractivity contribution is 5.41. The maximum Gasteiger partial charge on any atom is 0.119 e. The molecular formula is C16H22N2O. The number of likely N-dealkylation sites (N-methyl/N-ethyl adjacent to an activating group) is 1. The van der Waals surface area contributed by atoms with Gasteiger partial charge in [0.05, 0.1) is 6.07 Å². The van der Waals surface area contributed by atoms with Gasteiger partial charge in [-0.1, -0.05) is 19.1 Å². The van der Waals surface area contributed by atoms with Gasteiger partial charge in [-0.05, 0) is 56.0 Å². The number of phenols is 1. The van der Waals surface area contributed by atoms with Crippen molar-refractivity contribution in [3.8, 4) is 11.8 Å². The molecule has 102 valence electrons. The van der Waals surface area contributed by atoms with E-state index in [1.807, 2.05) is 6.07 Å². The zero-order chi connectivity index (χ0) is 13.7. The average molecular weight is 258 g/mol. The van der Waals surface area contributed by atoms with Crippen LogP contribution in [0.1, 0.15) is 37.3 Å². The Morgan fingerprint density at radius 1 is 1.47 bits per heavy atom. The predicted octanol–water partition coefficient (Wildman–Crippen LogP) is 2.88. The van der Waals surface area contributed by atoms with Gasteiger partial charge in [0.25, 0.3) is 0 Å². The van der Waals surface area contributed by atoms with Crippen molar-refractivity contribution < 1.29 is 5.11 Å². The SMILES string of the molecule is CCN(CCCC#N)[C@H]1CCc2c(O)cccc2C1. The Morgan fingerprint density at radius 3 is 3.05 bits per heavy atom. The molecule has 0 saturated carbocycles. The number of rotatable bonds is 5. The van der Waals surface area contributed by atoms with Crippen LogP contribution in [0.15, 0.2) is 18.2 Å². The van der Waals surface area contributed by atoms with Crippen LogP contribution in [0.5, 0.6) is 5.75 Å². The first kappa shape index (κ1) is 13.9. The second kappa shape index (κ2) is 6.58. The molecule has 2 rings (SSSR count). The fourth-order valence-electron chi connectivity index (χ4n) is 3.04. The topological polar surface area (TPSA) is 47.3 Å².